The minimum absolute atomic E-state index is 0.0884. The molecule has 0 saturated heterocycles. The van der Waals surface area contributed by atoms with Crippen molar-refractivity contribution in [2.45, 2.75) is 19.6 Å². The van der Waals surface area contributed by atoms with Gasteiger partial charge in [0.05, 0.1) is 12.1 Å². The normalized spacial score (nSPS) is 11.9. The van der Waals surface area contributed by atoms with Crippen molar-refractivity contribution in [2.75, 3.05) is 7.11 Å². The fraction of sp³-hybridized carbons (Fsp3) is 0.200. The molecule has 0 spiro atoms. The lowest BCUT2D eigenvalue weighted by atomic mass is 10.2. The molecule has 0 aliphatic rings. The van der Waals surface area contributed by atoms with Crippen LogP contribution in [-0.4, -0.2) is 25.0 Å². The molecule has 2 rings (SSSR count). The Kier molecular flexibility index (Phi) is 7.37. The molecule has 0 heterocycles. The van der Waals surface area contributed by atoms with Gasteiger partial charge in [0.15, 0.2) is 0 Å². The summed E-state index contributed by atoms with van der Waals surface area (Å²) in [7, 11) is 1.57. The van der Waals surface area contributed by atoms with Gasteiger partial charge in [0, 0.05) is 11.6 Å². The van der Waals surface area contributed by atoms with Crippen LogP contribution in [0.3, 0.4) is 0 Å². The zero-order chi connectivity index (χ0) is 19.8. The summed E-state index contributed by atoms with van der Waals surface area (Å²) in [6, 6.07) is 10.4. The summed E-state index contributed by atoms with van der Waals surface area (Å²) < 4.78 is 23.7. The Balaban J connectivity index is 1.85. The van der Waals surface area contributed by atoms with Crippen molar-refractivity contribution in [3.8, 4) is 5.75 Å². The fourth-order valence-corrected chi connectivity index (χ4v) is 2.36. The predicted molar refractivity (Wildman–Crippen MR) is 101 cm³/mol. The second-order valence-corrected chi connectivity index (χ2v) is 6.05. The van der Waals surface area contributed by atoms with E-state index in [1.54, 1.807) is 37.5 Å². The minimum Gasteiger partial charge on any atom is -0.497 e. The number of hydrogen-bond acceptors (Lipinski definition) is 4. The van der Waals surface area contributed by atoms with Crippen LogP contribution < -0.4 is 10.1 Å². The molecule has 0 fully saturated rings. The Morgan fingerprint density at radius 2 is 1.93 bits per heavy atom. The number of carbonyl (C=O) groups is 2. The highest BCUT2D eigenvalue weighted by atomic mass is 35.5. The van der Waals surface area contributed by atoms with Crippen LogP contribution in [-0.2, 0) is 20.9 Å². The first-order chi connectivity index (χ1) is 12.9. The SMILES string of the molecule is COc1ccc(/C=C/C(=O)N[C@@H](C)C(=O)OCc2c(F)cccc2Cl)cc1. The molecule has 0 saturated carbocycles. The van der Waals surface area contributed by atoms with E-state index < -0.39 is 23.7 Å². The van der Waals surface area contributed by atoms with Crippen molar-refractivity contribution in [3.05, 3.63) is 70.5 Å². The van der Waals surface area contributed by atoms with Crippen molar-refractivity contribution in [2.24, 2.45) is 0 Å². The second-order valence-electron chi connectivity index (χ2n) is 5.64. The average molecular weight is 392 g/mol. The number of benzene rings is 2. The van der Waals surface area contributed by atoms with Crippen molar-refractivity contribution in [3.63, 3.8) is 0 Å². The zero-order valence-corrected chi connectivity index (χ0v) is 15.6. The number of hydrogen-bond donors (Lipinski definition) is 1. The van der Waals surface area contributed by atoms with E-state index in [2.05, 4.69) is 5.32 Å². The highest BCUT2D eigenvalue weighted by Gasteiger charge is 2.17. The van der Waals surface area contributed by atoms with E-state index in [4.69, 9.17) is 21.1 Å². The smallest absolute Gasteiger partial charge is 0.328 e. The third-order valence-corrected chi connectivity index (χ3v) is 4.03. The molecule has 1 N–H and O–H groups in total. The van der Waals surface area contributed by atoms with Crippen LogP contribution >= 0.6 is 11.6 Å². The molecule has 142 valence electrons. The van der Waals surface area contributed by atoms with Gasteiger partial charge in [0.25, 0.3) is 0 Å². The summed E-state index contributed by atoms with van der Waals surface area (Å²) in [6.07, 6.45) is 2.91. The summed E-state index contributed by atoms with van der Waals surface area (Å²) in [6.45, 7) is 1.16. The third-order valence-electron chi connectivity index (χ3n) is 3.68. The lowest BCUT2D eigenvalue weighted by molar-refractivity contribution is -0.148. The van der Waals surface area contributed by atoms with Crippen molar-refractivity contribution < 1.29 is 23.5 Å². The van der Waals surface area contributed by atoms with Crippen LogP contribution in [0, 0.1) is 5.82 Å². The molecule has 2 aromatic rings. The fourth-order valence-electron chi connectivity index (χ4n) is 2.15. The van der Waals surface area contributed by atoms with E-state index in [0.29, 0.717) is 5.75 Å². The van der Waals surface area contributed by atoms with Gasteiger partial charge in [-0.25, -0.2) is 9.18 Å². The van der Waals surface area contributed by atoms with Crippen LogP contribution in [0.15, 0.2) is 48.5 Å². The second kappa shape index (κ2) is 9.73. The molecule has 0 radical (unpaired) electrons. The monoisotopic (exact) mass is 391 g/mol. The summed E-state index contributed by atoms with van der Waals surface area (Å²) in [5.41, 5.74) is 0.890. The van der Waals surface area contributed by atoms with Crippen LogP contribution in [0.5, 0.6) is 5.75 Å². The summed E-state index contributed by atoms with van der Waals surface area (Å²) in [4.78, 5) is 23.9. The van der Waals surface area contributed by atoms with Crippen LogP contribution in [0.2, 0.25) is 5.02 Å². The maximum atomic E-state index is 13.7. The lowest BCUT2D eigenvalue weighted by Crippen LogP contribution is -2.38. The van der Waals surface area contributed by atoms with E-state index in [1.165, 1.54) is 31.2 Å². The standard InChI is InChI=1S/C20H19ClFNO4/c1-13(20(25)27-12-16-17(21)4-3-5-18(16)22)23-19(24)11-8-14-6-9-15(26-2)10-7-14/h3-11,13H,12H2,1-2H3,(H,23,24)/b11-8+/t13-/m0/s1. The minimum atomic E-state index is -0.899. The van der Waals surface area contributed by atoms with Crippen LogP contribution in [0.1, 0.15) is 18.1 Å². The molecule has 0 unspecified atom stereocenters. The Hall–Kier alpha value is -2.86. The maximum absolute atomic E-state index is 13.7. The summed E-state index contributed by atoms with van der Waals surface area (Å²) >= 11 is 5.88. The van der Waals surface area contributed by atoms with Crippen LogP contribution in [0.4, 0.5) is 4.39 Å². The lowest BCUT2D eigenvalue weighted by Gasteiger charge is -2.13. The van der Waals surface area contributed by atoms with E-state index in [1.807, 2.05) is 0 Å². The van der Waals surface area contributed by atoms with Gasteiger partial charge in [-0.15, -0.1) is 0 Å². The molecule has 5 nitrogen and oxygen atoms in total. The number of carbonyl (C=O) groups excluding carboxylic acids is 2. The first-order valence-electron chi connectivity index (χ1n) is 8.13. The molecule has 1 amide bonds. The summed E-state index contributed by atoms with van der Waals surface area (Å²) in [5.74, 6) is -1.00. The summed E-state index contributed by atoms with van der Waals surface area (Å²) in [5, 5.41) is 2.65. The highest BCUT2D eigenvalue weighted by Crippen LogP contribution is 2.19. The van der Waals surface area contributed by atoms with Crippen LogP contribution in [0.25, 0.3) is 6.08 Å². The van der Waals surface area contributed by atoms with E-state index in [9.17, 15) is 14.0 Å². The third kappa shape index (κ3) is 6.11. The maximum Gasteiger partial charge on any atom is 0.328 e. The van der Waals surface area contributed by atoms with Gasteiger partial charge in [-0.2, -0.15) is 0 Å². The Bertz CT molecular complexity index is 816. The molecule has 7 heteroatoms. The predicted octanol–water partition coefficient (Wildman–Crippen LogP) is 3.75. The zero-order valence-electron chi connectivity index (χ0n) is 14.9. The molecular formula is C20H19ClFNO4. The number of nitrogens with one attached hydrogen (secondary N) is 1. The van der Waals surface area contributed by atoms with Crippen molar-refractivity contribution >= 4 is 29.6 Å². The molecule has 0 aliphatic heterocycles. The number of esters is 1. The van der Waals surface area contributed by atoms with E-state index in [0.717, 1.165) is 5.56 Å². The number of ether oxygens (including phenoxy) is 2. The van der Waals surface area contributed by atoms with Gasteiger partial charge in [-0.05, 0) is 42.8 Å². The van der Waals surface area contributed by atoms with Gasteiger partial charge in [0.1, 0.15) is 24.2 Å². The molecule has 1 atom stereocenters. The number of amides is 1. The Morgan fingerprint density at radius 3 is 2.56 bits per heavy atom. The molecule has 0 aliphatic carbocycles. The molecular weight excluding hydrogens is 373 g/mol. The van der Waals surface area contributed by atoms with Gasteiger partial charge < -0.3 is 14.8 Å². The first-order valence-corrected chi connectivity index (χ1v) is 8.50. The first kappa shape index (κ1) is 20.5. The topological polar surface area (TPSA) is 64.6 Å². The molecule has 27 heavy (non-hydrogen) atoms. The molecule has 0 aromatic heterocycles. The quantitative estimate of drug-likeness (QED) is 0.576. The van der Waals surface area contributed by atoms with E-state index in [-0.39, 0.29) is 17.2 Å². The van der Waals surface area contributed by atoms with Gasteiger partial charge in [-0.1, -0.05) is 29.8 Å². The Labute approximate surface area is 161 Å². The number of methoxy groups -OCH3 is 1. The molecule has 0 bridgehead atoms. The number of halogens is 2. The van der Waals surface area contributed by atoms with Gasteiger partial charge in [0.2, 0.25) is 5.91 Å². The van der Waals surface area contributed by atoms with Crippen molar-refractivity contribution in [1.29, 1.82) is 0 Å². The number of rotatable bonds is 7. The van der Waals surface area contributed by atoms with Gasteiger partial charge >= 0.3 is 5.97 Å². The largest absolute Gasteiger partial charge is 0.497 e. The Morgan fingerprint density at radius 1 is 1.22 bits per heavy atom. The van der Waals surface area contributed by atoms with Crippen molar-refractivity contribution in [1.82, 2.24) is 5.32 Å². The average Bonchev–Trinajstić information content (AvgIpc) is 2.66. The van der Waals surface area contributed by atoms with Gasteiger partial charge in [-0.3, -0.25) is 4.79 Å². The molecule has 2 aromatic carbocycles. The highest BCUT2D eigenvalue weighted by molar-refractivity contribution is 6.31. The van der Waals surface area contributed by atoms with E-state index >= 15 is 0 Å².